The van der Waals surface area contributed by atoms with E-state index >= 15 is 0 Å². The van der Waals surface area contributed by atoms with Crippen LogP contribution in [0.5, 0.6) is 0 Å². The predicted octanol–water partition coefficient (Wildman–Crippen LogP) is 3.01. The molecule has 1 aliphatic rings. The van der Waals surface area contributed by atoms with Crippen molar-refractivity contribution in [3.8, 4) is 0 Å². The maximum Gasteiger partial charge on any atom is 0.146 e. The molecular formula is C14H20FN3. The minimum Gasteiger partial charge on any atom is -0.271 e. The predicted molar refractivity (Wildman–Crippen MR) is 70.0 cm³/mol. The lowest BCUT2D eigenvalue weighted by molar-refractivity contribution is 0.512. The Morgan fingerprint density at radius 3 is 2.89 bits per heavy atom. The second-order valence-electron chi connectivity index (χ2n) is 4.70. The summed E-state index contributed by atoms with van der Waals surface area (Å²) in [7, 11) is 0. The molecule has 0 spiro atoms. The standard InChI is InChI=1S/C14H20FN3/c15-12-9-6-10-17-14(12)13(18-16)11-7-4-2-1-3-5-8-11/h6-7,9-10,13,18H,1-5,8,16H2/b11-7+. The van der Waals surface area contributed by atoms with Gasteiger partial charge in [0.25, 0.3) is 0 Å². The van der Waals surface area contributed by atoms with Gasteiger partial charge in [-0.1, -0.05) is 18.9 Å². The van der Waals surface area contributed by atoms with Crippen LogP contribution in [0.15, 0.2) is 30.0 Å². The Morgan fingerprint density at radius 1 is 1.28 bits per heavy atom. The zero-order valence-electron chi connectivity index (χ0n) is 10.5. The molecular weight excluding hydrogens is 229 g/mol. The number of aromatic nitrogens is 1. The van der Waals surface area contributed by atoms with E-state index in [2.05, 4.69) is 16.5 Å². The number of nitrogens with zero attached hydrogens (tertiary/aromatic N) is 1. The number of hydrazine groups is 1. The van der Waals surface area contributed by atoms with E-state index in [1.807, 2.05) is 0 Å². The number of allylic oxidation sites excluding steroid dienone is 1. The average molecular weight is 249 g/mol. The molecule has 18 heavy (non-hydrogen) atoms. The van der Waals surface area contributed by atoms with Gasteiger partial charge in [-0.05, 0) is 43.4 Å². The maximum atomic E-state index is 13.8. The van der Waals surface area contributed by atoms with Gasteiger partial charge in [-0.25, -0.2) is 9.82 Å². The maximum absolute atomic E-state index is 13.8. The molecule has 0 aromatic carbocycles. The van der Waals surface area contributed by atoms with Gasteiger partial charge >= 0.3 is 0 Å². The van der Waals surface area contributed by atoms with E-state index in [1.54, 1.807) is 12.3 Å². The lowest BCUT2D eigenvalue weighted by Crippen LogP contribution is -2.31. The van der Waals surface area contributed by atoms with E-state index < -0.39 is 0 Å². The highest BCUT2D eigenvalue weighted by Gasteiger charge is 2.20. The molecule has 0 fully saturated rings. The van der Waals surface area contributed by atoms with Crippen LogP contribution in [0, 0.1) is 5.82 Å². The highest BCUT2D eigenvalue weighted by Crippen LogP contribution is 2.28. The third kappa shape index (κ3) is 3.15. The SMILES string of the molecule is NNC(/C1=C/CCCCCC1)c1ncccc1F. The topological polar surface area (TPSA) is 50.9 Å². The third-order valence-electron chi connectivity index (χ3n) is 3.42. The van der Waals surface area contributed by atoms with Crippen LogP contribution >= 0.6 is 0 Å². The van der Waals surface area contributed by atoms with Crippen LogP contribution in [0.3, 0.4) is 0 Å². The van der Waals surface area contributed by atoms with E-state index in [4.69, 9.17) is 5.84 Å². The van der Waals surface area contributed by atoms with Crippen molar-refractivity contribution in [2.75, 3.05) is 0 Å². The summed E-state index contributed by atoms with van der Waals surface area (Å²) in [6.07, 6.45) is 10.7. The van der Waals surface area contributed by atoms with Gasteiger partial charge in [-0.3, -0.25) is 10.8 Å². The Kier molecular flexibility index (Phi) is 4.84. The summed E-state index contributed by atoms with van der Waals surface area (Å²) in [5.74, 6) is 5.29. The number of nitrogens with one attached hydrogen (secondary N) is 1. The van der Waals surface area contributed by atoms with Crippen molar-refractivity contribution in [1.29, 1.82) is 0 Å². The fourth-order valence-electron chi connectivity index (χ4n) is 2.45. The highest BCUT2D eigenvalue weighted by atomic mass is 19.1. The fourth-order valence-corrected chi connectivity index (χ4v) is 2.45. The first-order valence-corrected chi connectivity index (χ1v) is 6.58. The molecule has 1 aromatic rings. The average Bonchev–Trinajstić information content (AvgIpc) is 2.34. The van der Waals surface area contributed by atoms with Crippen LogP contribution < -0.4 is 11.3 Å². The molecule has 1 atom stereocenters. The Labute approximate surface area is 107 Å². The van der Waals surface area contributed by atoms with E-state index in [9.17, 15) is 4.39 Å². The minimum absolute atomic E-state index is 0.302. The Hall–Kier alpha value is -1.26. The zero-order chi connectivity index (χ0) is 12.8. The summed E-state index contributed by atoms with van der Waals surface area (Å²) in [6, 6.07) is 2.72. The molecule has 0 amide bonds. The van der Waals surface area contributed by atoms with Gasteiger partial charge in [-0.15, -0.1) is 0 Å². The molecule has 3 nitrogen and oxygen atoms in total. The second-order valence-corrected chi connectivity index (χ2v) is 4.70. The van der Waals surface area contributed by atoms with Crippen LogP contribution in [0.1, 0.15) is 50.3 Å². The van der Waals surface area contributed by atoms with Crippen molar-refractivity contribution in [3.05, 3.63) is 41.5 Å². The summed E-state index contributed by atoms with van der Waals surface area (Å²) in [5.41, 5.74) is 4.26. The van der Waals surface area contributed by atoms with E-state index in [0.29, 0.717) is 5.69 Å². The monoisotopic (exact) mass is 249 g/mol. The molecule has 0 bridgehead atoms. The Balaban J connectivity index is 2.24. The normalized spacial score (nSPS) is 21.6. The molecule has 0 saturated carbocycles. The van der Waals surface area contributed by atoms with Gasteiger partial charge in [0.05, 0.1) is 11.7 Å². The summed E-state index contributed by atoms with van der Waals surface area (Å²) in [6.45, 7) is 0. The Bertz CT molecular complexity index is 417. The molecule has 3 N–H and O–H groups in total. The number of hydrogen-bond acceptors (Lipinski definition) is 3. The van der Waals surface area contributed by atoms with E-state index in [-0.39, 0.29) is 11.9 Å². The van der Waals surface area contributed by atoms with E-state index in [0.717, 1.165) is 24.8 Å². The zero-order valence-corrected chi connectivity index (χ0v) is 10.5. The van der Waals surface area contributed by atoms with Gasteiger partial charge in [0, 0.05) is 6.20 Å². The summed E-state index contributed by atoms with van der Waals surface area (Å²) in [5, 5.41) is 0. The first kappa shape index (κ1) is 13.2. The smallest absolute Gasteiger partial charge is 0.146 e. The largest absolute Gasteiger partial charge is 0.271 e. The lowest BCUT2D eigenvalue weighted by atomic mass is 9.93. The van der Waals surface area contributed by atoms with Crippen molar-refractivity contribution < 1.29 is 4.39 Å². The summed E-state index contributed by atoms with van der Waals surface area (Å²) >= 11 is 0. The van der Waals surface area contributed by atoms with Crippen LogP contribution in [-0.4, -0.2) is 4.98 Å². The van der Waals surface area contributed by atoms with E-state index in [1.165, 1.54) is 25.3 Å². The van der Waals surface area contributed by atoms with Gasteiger partial charge in [-0.2, -0.15) is 0 Å². The van der Waals surface area contributed by atoms with Gasteiger partial charge in [0.2, 0.25) is 0 Å². The molecule has 2 rings (SSSR count). The van der Waals surface area contributed by atoms with Crippen molar-refractivity contribution in [1.82, 2.24) is 10.4 Å². The van der Waals surface area contributed by atoms with Crippen molar-refractivity contribution in [2.45, 2.75) is 44.6 Å². The summed E-state index contributed by atoms with van der Waals surface area (Å²) in [4.78, 5) is 4.12. The van der Waals surface area contributed by atoms with Crippen molar-refractivity contribution in [3.63, 3.8) is 0 Å². The number of rotatable bonds is 3. The summed E-state index contributed by atoms with van der Waals surface area (Å²) < 4.78 is 13.8. The molecule has 4 heteroatoms. The number of pyridine rings is 1. The molecule has 0 aliphatic heterocycles. The van der Waals surface area contributed by atoms with Crippen LogP contribution in [0.4, 0.5) is 4.39 Å². The lowest BCUT2D eigenvalue weighted by Gasteiger charge is -2.21. The fraction of sp³-hybridized carbons (Fsp3) is 0.500. The first-order chi connectivity index (χ1) is 8.83. The van der Waals surface area contributed by atoms with Crippen molar-refractivity contribution in [2.24, 2.45) is 5.84 Å². The first-order valence-electron chi connectivity index (χ1n) is 6.58. The molecule has 1 heterocycles. The minimum atomic E-state index is -0.302. The number of hydrogen-bond donors (Lipinski definition) is 2. The molecule has 1 aliphatic carbocycles. The van der Waals surface area contributed by atoms with Crippen molar-refractivity contribution >= 4 is 0 Å². The third-order valence-corrected chi connectivity index (χ3v) is 3.42. The molecule has 0 saturated heterocycles. The van der Waals surface area contributed by atoms with Gasteiger partial charge < -0.3 is 0 Å². The molecule has 0 radical (unpaired) electrons. The molecule has 1 aromatic heterocycles. The number of nitrogens with two attached hydrogens (primary N) is 1. The van der Waals surface area contributed by atoms with Gasteiger partial charge in [0.1, 0.15) is 5.82 Å². The van der Waals surface area contributed by atoms with Crippen LogP contribution in [0.25, 0.3) is 0 Å². The molecule has 1 unspecified atom stereocenters. The molecule has 98 valence electrons. The quantitative estimate of drug-likeness (QED) is 0.492. The van der Waals surface area contributed by atoms with Crippen LogP contribution in [0.2, 0.25) is 0 Å². The number of halogens is 1. The van der Waals surface area contributed by atoms with Crippen LogP contribution in [-0.2, 0) is 0 Å². The van der Waals surface area contributed by atoms with Gasteiger partial charge in [0.15, 0.2) is 0 Å². The highest BCUT2D eigenvalue weighted by molar-refractivity contribution is 5.23. The Morgan fingerprint density at radius 2 is 2.11 bits per heavy atom. The second kappa shape index (κ2) is 6.61.